The highest BCUT2D eigenvalue weighted by atomic mass is 16.2. The van der Waals surface area contributed by atoms with Crippen LogP contribution in [0.15, 0.2) is 42.6 Å². The van der Waals surface area contributed by atoms with E-state index in [9.17, 15) is 9.59 Å². The van der Waals surface area contributed by atoms with E-state index in [4.69, 9.17) is 0 Å². The predicted octanol–water partition coefficient (Wildman–Crippen LogP) is 1.71. The summed E-state index contributed by atoms with van der Waals surface area (Å²) >= 11 is 0. The fourth-order valence-corrected chi connectivity index (χ4v) is 2.85. The number of amides is 2. The van der Waals surface area contributed by atoms with Crippen molar-refractivity contribution in [2.45, 2.75) is 13.5 Å². The van der Waals surface area contributed by atoms with Crippen molar-refractivity contribution in [2.24, 2.45) is 0 Å². The number of likely N-dealkylation sites (N-methyl/N-ethyl adjacent to an activating group) is 1. The molecule has 0 spiro atoms. The first-order chi connectivity index (χ1) is 12.5. The van der Waals surface area contributed by atoms with E-state index in [0.29, 0.717) is 30.9 Å². The maximum atomic E-state index is 12.6. The fourth-order valence-electron chi connectivity index (χ4n) is 2.85. The van der Waals surface area contributed by atoms with Gasteiger partial charge in [-0.1, -0.05) is 29.8 Å². The summed E-state index contributed by atoms with van der Waals surface area (Å²) in [6, 6.07) is 11.2. The average Bonchev–Trinajstić information content (AvgIpc) is 2.67. The molecule has 1 aliphatic rings. The standard InChI is InChI=1S/C20H24N4O2/c1-15-3-5-16(6-4-15)14-22-19(25)17-7-8-21-18(13-17)20(26)24-11-9-23(2)10-12-24/h3-8,13H,9-12,14H2,1-2H3,(H,22,25). The Morgan fingerprint density at radius 2 is 1.77 bits per heavy atom. The molecule has 0 atom stereocenters. The minimum absolute atomic E-state index is 0.119. The first-order valence-electron chi connectivity index (χ1n) is 8.80. The quantitative estimate of drug-likeness (QED) is 0.910. The first kappa shape index (κ1) is 18.1. The third kappa shape index (κ3) is 4.46. The van der Waals surface area contributed by atoms with Crippen LogP contribution in [0.2, 0.25) is 0 Å². The van der Waals surface area contributed by atoms with Gasteiger partial charge in [-0.15, -0.1) is 0 Å². The lowest BCUT2D eigenvalue weighted by Gasteiger charge is -2.32. The highest BCUT2D eigenvalue weighted by Crippen LogP contribution is 2.09. The normalized spacial score (nSPS) is 14.9. The molecule has 1 N–H and O–H groups in total. The molecule has 0 saturated carbocycles. The Morgan fingerprint density at radius 1 is 1.08 bits per heavy atom. The molecular weight excluding hydrogens is 328 g/mol. The number of hydrogen-bond acceptors (Lipinski definition) is 4. The molecule has 1 saturated heterocycles. The van der Waals surface area contributed by atoms with Crippen molar-refractivity contribution >= 4 is 11.8 Å². The SMILES string of the molecule is Cc1ccc(CNC(=O)c2ccnc(C(=O)N3CCN(C)CC3)c2)cc1. The molecule has 6 nitrogen and oxygen atoms in total. The van der Waals surface area contributed by atoms with Gasteiger partial charge in [-0.2, -0.15) is 0 Å². The number of nitrogens with zero attached hydrogens (tertiary/aromatic N) is 3. The number of pyridine rings is 1. The van der Waals surface area contributed by atoms with Crippen molar-refractivity contribution in [1.82, 2.24) is 20.1 Å². The molecule has 1 aromatic heterocycles. The second-order valence-electron chi connectivity index (χ2n) is 6.69. The lowest BCUT2D eigenvalue weighted by Crippen LogP contribution is -2.47. The van der Waals surface area contributed by atoms with E-state index >= 15 is 0 Å². The van der Waals surface area contributed by atoms with E-state index in [1.807, 2.05) is 38.2 Å². The Bertz CT molecular complexity index is 781. The summed E-state index contributed by atoms with van der Waals surface area (Å²) in [7, 11) is 2.04. The number of aryl methyl sites for hydroxylation is 1. The molecule has 136 valence electrons. The van der Waals surface area contributed by atoms with Gasteiger partial charge in [0.25, 0.3) is 11.8 Å². The van der Waals surface area contributed by atoms with E-state index in [1.54, 1.807) is 17.0 Å². The zero-order valence-corrected chi connectivity index (χ0v) is 15.2. The van der Waals surface area contributed by atoms with Gasteiger partial charge in [-0.3, -0.25) is 14.6 Å². The molecule has 1 aliphatic heterocycles. The third-order valence-electron chi connectivity index (χ3n) is 4.61. The highest BCUT2D eigenvalue weighted by molar-refractivity contribution is 5.98. The summed E-state index contributed by atoms with van der Waals surface area (Å²) in [5, 5.41) is 2.89. The van der Waals surface area contributed by atoms with Crippen LogP contribution in [0.3, 0.4) is 0 Å². The van der Waals surface area contributed by atoms with Crippen LogP contribution in [-0.2, 0) is 6.54 Å². The number of carbonyl (C=O) groups is 2. The number of aromatic nitrogens is 1. The van der Waals surface area contributed by atoms with Gasteiger partial charge in [0.2, 0.25) is 0 Å². The summed E-state index contributed by atoms with van der Waals surface area (Å²) < 4.78 is 0. The van der Waals surface area contributed by atoms with E-state index in [1.165, 1.54) is 11.8 Å². The Labute approximate surface area is 153 Å². The molecule has 2 aromatic rings. The topological polar surface area (TPSA) is 65.5 Å². The van der Waals surface area contributed by atoms with Crippen LogP contribution >= 0.6 is 0 Å². The molecule has 2 heterocycles. The van der Waals surface area contributed by atoms with E-state index in [-0.39, 0.29) is 11.8 Å². The second-order valence-corrected chi connectivity index (χ2v) is 6.69. The summed E-state index contributed by atoms with van der Waals surface area (Å²) in [5.41, 5.74) is 2.98. The summed E-state index contributed by atoms with van der Waals surface area (Å²) in [6.07, 6.45) is 1.52. The van der Waals surface area contributed by atoms with Gasteiger partial charge >= 0.3 is 0 Å². The molecule has 0 bridgehead atoms. The smallest absolute Gasteiger partial charge is 0.272 e. The van der Waals surface area contributed by atoms with Crippen molar-refractivity contribution in [3.8, 4) is 0 Å². The largest absolute Gasteiger partial charge is 0.348 e. The van der Waals surface area contributed by atoms with Gasteiger partial charge in [0.05, 0.1) is 0 Å². The lowest BCUT2D eigenvalue weighted by atomic mass is 10.1. The Hall–Kier alpha value is -2.73. The maximum absolute atomic E-state index is 12.6. The maximum Gasteiger partial charge on any atom is 0.272 e. The Balaban J connectivity index is 1.63. The number of rotatable bonds is 4. The zero-order valence-electron chi connectivity index (χ0n) is 15.2. The number of carbonyl (C=O) groups excluding carboxylic acids is 2. The van der Waals surface area contributed by atoms with Gasteiger partial charge in [0, 0.05) is 44.5 Å². The highest BCUT2D eigenvalue weighted by Gasteiger charge is 2.22. The fraction of sp³-hybridized carbons (Fsp3) is 0.350. The van der Waals surface area contributed by atoms with Gasteiger partial charge in [0.15, 0.2) is 0 Å². The molecule has 0 unspecified atom stereocenters. The van der Waals surface area contributed by atoms with E-state index in [2.05, 4.69) is 15.2 Å². The molecule has 26 heavy (non-hydrogen) atoms. The summed E-state index contributed by atoms with van der Waals surface area (Å²) in [4.78, 5) is 33.1. The molecule has 2 amide bonds. The van der Waals surface area contributed by atoms with Gasteiger partial charge in [-0.05, 0) is 31.7 Å². The van der Waals surface area contributed by atoms with Crippen LogP contribution in [0.5, 0.6) is 0 Å². The molecular formula is C20H24N4O2. The monoisotopic (exact) mass is 352 g/mol. The molecule has 6 heteroatoms. The Morgan fingerprint density at radius 3 is 2.46 bits per heavy atom. The summed E-state index contributed by atoms with van der Waals surface area (Å²) in [5.74, 6) is -0.327. The first-order valence-corrected chi connectivity index (χ1v) is 8.80. The molecule has 3 rings (SSSR count). The van der Waals surface area contributed by atoms with Crippen molar-refractivity contribution in [3.63, 3.8) is 0 Å². The van der Waals surface area contributed by atoms with Crippen LogP contribution in [-0.4, -0.2) is 59.8 Å². The number of benzene rings is 1. The molecule has 0 aliphatic carbocycles. The van der Waals surface area contributed by atoms with Crippen LogP contribution < -0.4 is 5.32 Å². The van der Waals surface area contributed by atoms with Gasteiger partial charge in [-0.25, -0.2) is 0 Å². The van der Waals surface area contributed by atoms with Crippen molar-refractivity contribution in [1.29, 1.82) is 0 Å². The second kappa shape index (κ2) is 8.10. The molecule has 1 fully saturated rings. The predicted molar refractivity (Wildman–Crippen MR) is 100.0 cm³/mol. The van der Waals surface area contributed by atoms with Gasteiger partial charge < -0.3 is 15.1 Å². The van der Waals surface area contributed by atoms with Gasteiger partial charge in [0.1, 0.15) is 5.69 Å². The number of nitrogens with one attached hydrogen (secondary N) is 1. The molecule has 0 radical (unpaired) electrons. The van der Waals surface area contributed by atoms with Crippen molar-refractivity contribution < 1.29 is 9.59 Å². The van der Waals surface area contributed by atoms with E-state index < -0.39 is 0 Å². The van der Waals surface area contributed by atoms with E-state index in [0.717, 1.165) is 18.7 Å². The minimum Gasteiger partial charge on any atom is -0.348 e. The van der Waals surface area contributed by atoms with Crippen LogP contribution in [0, 0.1) is 6.92 Å². The number of piperazine rings is 1. The van der Waals surface area contributed by atoms with Crippen LogP contribution in [0.1, 0.15) is 32.0 Å². The summed E-state index contributed by atoms with van der Waals surface area (Å²) in [6.45, 7) is 5.54. The zero-order chi connectivity index (χ0) is 18.5. The van der Waals surface area contributed by atoms with Crippen LogP contribution in [0.25, 0.3) is 0 Å². The number of hydrogen-bond donors (Lipinski definition) is 1. The Kier molecular flexibility index (Phi) is 5.63. The van der Waals surface area contributed by atoms with Crippen molar-refractivity contribution in [2.75, 3.05) is 33.2 Å². The average molecular weight is 352 g/mol. The lowest BCUT2D eigenvalue weighted by molar-refractivity contribution is 0.0658. The van der Waals surface area contributed by atoms with Crippen LogP contribution in [0.4, 0.5) is 0 Å². The van der Waals surface area contributed by atoms with Crippen molar-refractivity contribution in [3.05, 3.63) is 65.0 Å². The minimum atomic E-state index is -0.208. The molecule has 1 aromatic carbocycles. The third-order valence-corrected chi connectivity index (χ3v) is 4.61.